The van der Waals surface area contributed by atoms with E-state index in [1.807, 2.05) is 0 Å². The predicted octanol–water partition coefficient (Wildman–Crippen LogP) is -1.48. The van der Waals surface area contributed by atoms with Gasteiger partial charge in [0.25, 0.3) is 0 Å². The second-order valence-corrected chi connectivity index (χ2v) is 12.3. The first-order chi connectivity index (χ1) is 22.2. The Hall–Kier alpha value is -3.00. The molecule has 5 rings (SSSR count). The summed E-state index contributed by atoms with van der Waals surface area (Å²) < 4.78 is 40.6. The third-order valence-corrected chi connectivity index (χ3v) is 8.62. The smallest absolute Gasteiger partial charge is 0.336 e. The van der Waals surface area contributed by atoms with Gasteiger partial charge in [-0.3, -0.25) is 0 Å². The monoisotopic (exact) mass is 668 g/mol. The number of carbonyl (C=O) groups excluding carboxylic acids is 1. The van der Waals surface area contributed by atoms with Crippen LogP contribution in [0.15, 0.2) is 45.1 Å². The van der Waals surface area contributed by atoms with Crippen LogP contribution in [0.3, 0.4) is 0 Å². The molecule has 0 spiro atoms. The van der Waals surface area contributed by atoms with Crippen LogP contribution in [-0.2, 0) is 28.5 Å². The zero-order valence-electron chi connectivity index (χ0n) is 26.0. The molecule has 2 fully saturated rings. The van der Waals surface area contributed by atoms with E-state index >= 15 is 0 Å². The van der Waals surface area contributed by atoms with Crippen LogP contribution >= 0.6 is 0 Å². The molecule has 1 aromatic carbocycles. The molecule has 2 saturated heterocycles. The highest BCUT2D eigenvalue weighted by molar-refractivity contribution is 5.89. The fourth-order valence-electron chi connectivity index (χ4n) is 5.74. The largest absolute Gasteiger partial charge is 0.484 e. The number of hydrogen-bond acceptors (Lipinski definition) is 16. The minimum absolute atomic E-state index is 0.0707. The maximum absolute atomic E-state index is 13.1. The van der Waals surface area contributed by atoms with Gasteiger partial charge in [-0.25, -0.2) is 9.59 Å². The van der Waals surface area contributed by atoms with Crippen LogP contribution < -0.4 is 10.4 Å². The van der Waals surface area contributed by atoms with Gasteiger partial charge in [0.15, 0.2) is 18.7 Å². The van der Waals surface area contributed by atoms with Crippen LogP contribution in [0.4, 0.5) is 0 Å². The van der Waals surface area contributed by atoms with Crippen LogP contribution in [0.5, 0.6) is 5.75 Å². The molecule has 0 radical (unpaired) electrons. The zero-order chi connectivity index (χ0) is 34.4. The molecule has 12 unspecified atom stereocenters. The first-order valence-corrected chi connectivity index (χ1v) is 15.0. The van der Waals surface area contributed by atoms with E-state index in [-0.39, 0.29) is 22.5 Å². The normalized spacial score (nSPS) is 37.2. The molecule has 0 saturated carbocycles. The van der Waals surface area contributed by atoms with Gasteiger partial charge in [0.2, 0.25) is 0 Å². The number of carbonyl (C=O) groups is 1. The molecule has 0 bridgehead atoms. The SMILES string of the molecule is CC=C(C)C(=O)OC1c2c(ccc3ccc(=O)oc23)OC(C)(C)C1OC1OC(COC2OC(CO)C(O)C(O)C2O)C(O)C(O)C1O. The summed E-state index contributed by atoms with van der Waals surface area (Å²) >= 11 is 0. The fraction of sp³-hybridized carbons (Fsp3) is 0.613. The Morgan fingerprint density at radius 2 is 1.51 bits per heavy atom. The van der Waals surface area contributed by atoms with Crippen LogP contribution in [0, 0.1) is 0 Å². The summed E-state index contributed by atoms with van der Waals surface area (Å²) in [5.41, 5.74) is -1.48. The van der Waals surface area contributed by atoms with Crippen LogP contribution in [0.1, 0.15) is 39.4 Å². The fourth-order valence-corrected chi connectivity index (χ4v) is 5.74. The standard InChI is InChI=1S/C31H40O16/c1-5-12(2)28(40)45-26-18-14(8-6-13-7-9-17(33)44-25(13)18)47-31(3,4)27(26)46-30-24(39)22(37)20(35)16(43-30)11-41-29-23(38)21(36)19(34)15(10-32)42-29/h5-9,15-16,19-24,26-27,29-30,32,34-39H,10-11H2,1-4H3. The van der Waals surface area contributed by atoms with Crippen molar-refractivity contribution in [3.05, 3.63) is 51.9 Å². The lowest BCUT2D eigenvalue weighted by atomic mass is 9.86. The summed E-state index contributed by atoms with van der Waals surface area (Å²) in [7, 11) is 0. The number of allylic oxidation sites excluding steroid dienone is 1. The molecular weight excluding hydrogens is 628 g/mol. The van der Waals surface area contributed by atoms with Crippen molar-refractivity contribution in [2.24, 2.45) is 0 Å². The van der Waals surface area contributed by atoms with E-state index in [4.69, 9.17) is 32.8 Å². The molecule has 3 aliphatic rings. The summed E-state index contributed by atoms with van der Waals surface area (Å²) in [6.07, 6.45) is -17.5. The van der Waals surface area contributed by atoms with Gasteiger partial charge in [-0.05, 0) is 45.9 Å². The highest BCUT2D eigenvalue weighted by atomic mass is 16.7. The van der Waals surface area contributed by atoms with Crippen LogP contribution in [0.25, 0.3) is 11.0 Å². The van der Waals surface area contributed by atoms with E-state index in [9.17, 15) is 45.3 Å². The number of benzene rings is 1. The van der Waals surface area contributed by atoms with Gasteiger partial charge in [0, 0.05) is 17.0 Å². The lowest BCUT2D eigenvalue weighted by Gasteiger charge is -2.47. The number of aliphatic hydroxyl groups is 7. The Labute approximate surface area is 268 Å². The van der Waals surface area contributed by atoms with Gasteiger partial charge < -0.3 is 68.6 Å². The molecule has 16 heteroatoms. The Morgan fingerprint density at radius 1 is 0.894 bits per heavy atom. The average Bonchev–Trinajstić information content (AvgIpc) is 3.04. The quantitative estimate of drug-likeness (QED) is 0.0964. The number of ether oxygens (including phenoxy) is 6. The van der Waals surface area contributed by atoms with E-state index < -0.39 is 104 Å². The minimum atomic E-state index is -1.85. The molecule has 12 atom stereocenters. The van der Waals surface area contributed by atoms with Crippen molar-refractivity contribution in [3.63, 3.8) is 0 Å². The van der Waals surface area contributed by atoms with Crippen molar-refractivity contribution in [1.29, 1.82) is 0 Å². The molecule has 4 heterocycles. The lowest BCUT2D eigenvalue weighted by molar-refractivity contribution is -0.346. The Kier molecular flexibility index (Phi) is 10.4. The Morgan fingerprint density at radius 3 is 2.17 bits per heavy atom. The highest BCUT2D eigenvalue weighted by Crippen LogP contribution is 2.47. The predicted molar refractivity (Wildman–Crippen MR) is 157 cm³/mol. The Bertz CT molecular complexity index is 1520. The molecule has 260 valence electrons. The maximum atomic E-state index is 13.1. The van der Waals surface area contributed by atoms with Crippen LogP contribution in [0.2, 0.25) is 0 Å². The first-order valence-electron chi connectivity index (χ1n) is 15.0. The van der Waals surface area contributed by atoms with Crippen molar-refractivity contribution in [2.45, 2.75) is 107 Å². The molecule has 0 aliphatic carbocycles. The zero-order valence-corrected chi connectivity index (χ0v) is 26.0. The molecule has 2 aromatic rings. The molecule has 1 aromatic heterocycles. The van der Waals surface area contributed by atoms with Crippen molar-refractivity contribution >= 4 is 16.9 Å². The lowest BCUT2D eigenvalue weighted by Crippen LogP contribution is -2.63. The van der Waals surface area contributed by atoms with Crippen molar-refractivity contribution in [1.82, 2.24) is 0 Å². The number of fused-ring (bicyclic) bond motifs is 3. The second-order valence-electron chi connectivity index (χ2n) is 12.3. The van der Waals surface area contributed by atoms with Gasteiger partial charge in [0.1, 0.15) is 71.9 Å². The van der Waals surface area contributed by atoms with E-state index in [2.05, 4.69) is 0 Å². The molecule has 16 nitrogen and oxygen atoms in total. The van der Waals surface area contributed by atoms with E-state index in [0.29, 0.717) is 5.39 Å². The second kappa shape index (κ2) is 13.9. The summed E-state index contributed by atoms with van der Waals surface area (Å²) in [5.74, 6) is -0.490. The van der Waals surface area contributed by atoms with Gasteiger partial charge >= 0.3 is 11.6 Å². The van der Waals surface area contributed by atoms with E-state index in [1.54, 1.807) is 45.9 Å². The van der Waals surface area contributed by atoms with Crippen molar-refractivity contribution < 1.29 is 73.4 Å². The van der Waals surface area contributed by atoms with Crippen LogP contribution in [-0.4, -0.2) is 128 Å². The third-order valence-electron chi connectivity index (χ3n) is 8.62. The summed E-state index contributed by atoms with van der Waals surface area (Å²) in [6, 6.07) is 6.04. The van der Waals surface area contributed by atoms with Crippen molar-refractivity contribution in [3.8, 4) is 5.75 Å². The van der Waals surface area contributed by atoms with Gasteiger partial charge in [-0.1, -0.05) is 6.08 Å². The molecule has 7 N–H and O–H groups in total. The maximum Gasteiger partial charge on any atom is 0.336 e. The summed E-state index contributed by atoms with van der Waals surface area (Å²) in [6.45, 7) is 5.14. The average molecular weight is 669 g/mol. The van der Waals surface area contributed by atoms with Crippen molar-refractivity contribution in [2.75, 3.05) is 13.2 Å². The number of rotatable bonds is 8. The first kappa shape index (κ1) is 35.3. The molecule has 3 aliphatic heterocycles. The van der Waals surface area contributed by atoms with E-state index in [1.165, 1.54) is 12.1 Å². The third kappa shape index (κ3) is 6.81. The number of aliphatic hydroxyl groups excluding tert-OH is 7. The molecular formula is C31H40O16. The summed E-state index contributed by atoms with van der Waals surface area (Å²) in [4.78, 5) is 25.4. The topological polar surface area (TPSA) is 244 Å². The molecule has 47 heavy (non-hydrogen) atoms. The number of esters is 1. The highest BCUT2D eigenvalue weighted by Gasteiger charge is 2.53. The van der Waals surface area contributed by atoms with Gasteiger partial charge in [0.05, 0.1) is 18.8 Å². The van der Waals surface area contributed by atoms with E-state index in [0.717, 1.165) is 0 Å². The summed E-state index contributed by atoms with van der Waals surface area (Å²) in [5, 5.41) is 72.8. The molecule has 0 amide bonds. The van der Waals surface area contributed by atoms with Gasteiger partial charge in [-0.2, -0.15) is 0 Å². The Balaban J connectivity index is 1.45. The minimum Gasteiger partial charge on any atom is -0.484 e. The number of hydrogen-bond donors (Lipinski definition) is 7. The van der Waals surface area contributed by atoms with Gasteiger partial charge in [-0.15, -0.1) is 0 Å².